The van der Waals surface area contributed by atoms with Crippen LogP contribution in [0.4, 0.5) is 0 Å². The maximum Gasteiger partial charge on any atom is 0.124 e. The molecule has 1 rings (SSSR count). The molecule has 84 valence electrons. The van der Waals surface area contributed by atoms with Crippen molar-refractivity contribution in [2.75, 3.05) is 6.61 Å². The molecule has 0 amide bonds. The second-order valence-corrected chi connectivity index (χ2v) is 4.00. The molecule has 15 heavy (non-hydrogen) atoms. The molecule has 1 aromatic carbocycles. The lowest BCUT2D eigenvalue weighted by atomic mass is 10.0. The van der Waals surface area contributed by atoms with Crippen molar-refractivity contribution in [3.8, 4) is 5.75 Å². The number of aliphatic hydroxyl groups excluding tert-OH is 1. The molecule has 1 unspecified atom stereocenters. The van der Waals surface area contributed by atoms with E-state index in [2.05, 4.69) is 0 Å². The third-order valence-electron chi connectivity index (χ3n) is 2.12. The van der Waals surface area contributed by atoms with Gasteiger partial charge in [0.25, 0.3) is 0 Å². The van der Waals surface area contributed by atoms with Crippen molar-refractivity contribution in [1.82, 2.24) is 0 Å². The fourth-order valence-corrected chi connectivity index (χ4v) is 1.42. The first-order chi connectivity index (χ1) is 7.04. The molecule has 0 aliphatic rings. The van der Waals surface area contributed by atoms with Gasteiger partial charge in [-0.3, -0.25) is 0 Å². The van der Waals surface area contributed by atoms with E-state index < -0.39 is 0 Å². The van der Waals surface area contributed by atoms with E-state index in [0.717, 1.165) is 16.9 Å². The molecule has 0 saturated heterocycles. The van der Waals surface area contributed by atoms with Gasteiger partial charge in [0, 0.05) is 5.56 Å². The van der Waals surface area contributed by atoms with Crippen LogP contribution in [-0.2, 0) is 0 Å². The molecular formula is C12H19NO2. The van der Waals surface area contributed by atoms with Gasteiger partial charge in [-0.1, -0.05) is 17.7 Å². The van der Waals surface area contributed by atoms with Gasteiger partial charge in [0.1, 0.15) is 5.75 Å². The second-order valence-electron chi connectivity index (χ2n) is 4.00. The van der Waals surface area contributed by atoms with Crippen LogP contribution in [0.25, 0.3) is 0 Å². The van der Waals surface area contributed by atoms with E-state index in [-0.39, 0.29) is 18.8 Å². The lowest BCUT2D eigenvalue weighted by Gasteiger charge is -2.18. The van der Waals surface area contributed by atoms with Gasteiger partial charge >= 0.3 is 0 Å². The van der Waals surface area contributed by atoms with Crippen LogP contribution in [0.5, 0.6) is 5.75 Å². The van der Waals surface area contributed by atoms with Crippen molar-refractivity contribution in [1.29, 1.82) is 0 Å². The van der Waals surface area contributed by atoms with Gasteiger partial charge in [-0.2, -0.15) is 0 Å². The quantitative estimate of drug-likeness (QED) is 0.794. The summed E-state index contributed by atoms with van der Waals surface area (Å²) in [4.78, 5) is 0. The summed E-state index contributed by atoms with van der Waals surface area (Å²) in [5.41, 5.74) is 7.79. The summed E-state index contributed by atoms with van der Waals surface area (Å²) in [6.07, 6.45) is 0.109. The predicted molar refractivity (Wildman–Crippen MR) is 61.0 cm³/mol. The topological polar surface area (TPSA) is 55.5 Å². The molecular weight excluding hydrogens is 190 g/mol. The second kappa shape index (κ2) is 5.14. The Bertz CT molecular complexity index is 323. The zero-order chi connectivity index (χ0) is 11.4. The van der Waals surface area contributed by atoms with Gasteiger partial charge in [-0.05, 0) is 26.8 Å². The van der Waals surface area contributed by atoms with E-state index in [4.69, 9.17) is 15.6 Å². The van der Waals surface area contributed by atoms with Crippen molar-refractivity contribution in [2.24, 2.45) is 5.73 Å². The highest BCUT2D eigenvalue weighted by Gasteiger charge is 2.12. The summed E-state index contributed by atoms with van der Waals surface area (Å²) in [5, 5.41) is 9.06. The Labute approximate surface area is 90.9 Å². The van der Waals surface area contributed by atoms with Gasteiger partial charge in [0.05, 0.1) is 18.8 Å². The van der Waals surface area contributed by atoms with Crippen LogP contribution in [0.1, 0.15) is 31.0 Å². The SMILES string of the molecule is Cc1ccc(OC(C)C)c(C(N)CO)c1. The van der Waals surface area contributed by atoms with Crippen LogP contribution in [0.15, 0.2) is 18.2 Å². The third kappa shape index (κ3) is 3.22. The van der Waals surface area contributed by atoms with Gasteiger partial charge in [-0.15, -0.1) is 0 Å². The predicted octanol–water partition coefficient (Wildman–Crippen LogP) is 1.77. The molecule has 3 nitrogen and oxygen atoms in total. The van der Waals surface area contributed by atoms with Gasteiger partial charge < -0.3 is 15.6 Å². The molecule has 0 radical (unpaired) electrons. The molecule has 0 saturated carbocycles. The van der Waals surface area contributed by atoms with Crippen molar-refractivity contribution < 1.29 is 9.84 Å². The Kier molecular flexibility index (Phi) is 4.12. The van der Waals surface area contributed by atoms with Crippen molar-refractivity contribution in [3.05, 3.63) is 29.3 Å². The molecule has 1 atom stereocenters. The Morgan fingerprint density at radius 3 is 2.60 bits per heavy atom. The van der Waals surface area contributed by atoms with E-state index in [1.807, 2.05) is 39.0 Å². The van der Waals surface area contributed by atoms with E-state index in [9.17, 15) is 0 Å². The van der Waals surface area contributed by atoms with Crippen LogP contribution < -0.4 is 10.5 Å². The highest BCUT2D eigenvalue weighted by atomic mass is 16.5. The molecule has 1 aromatic rings. The number of aliphatic hydroxyl groups is 1. The van der Waals surface area contributed by atoms with E-state index in [1.165, 1.54) is 0 Å². The van der Waals surface area contributed by atoms with Gasteiger partial charge in [0.15, 0.2) is 0 Å². The van der Waals surface area contributed by atoms with E-state index in [1.54, 1.807) is 0 Å². The van der Waals surface area contributed by atoms with E-state index in [0.29, 0.717) is 0 Å². The van der Waals surface area contributed by atoms with Crippen molar-refractivity contribution in [3.63, 3.8) is 0 Å². The number of hydrogen-bond donors (Lipinski definition) is 2. The minimum atomic E-state index is -0.376. The maximum absolute atomic E-state index is 9.06. The van der Waals surface area contributed by atoms with E-state index >= 15 is 0 Å². The van der Waals surface area contributed by atoms with Crippen LogP contribution in [-0.4, -0.2) is 17.8 Å². The molecule has 3 N–H and O–H groups in total. The van der Waals surface area contributed by atoms with Crippen LogP contribution >= 0.6 is 0 Å². The Morgan fingerprint density at radius 2 is 2.07 bits per heavy atom. The molecule has 0 spiro atoms. The molecule has 0 aliphatic heterocycles. The average Bonchev–Trinajstić information content (AvgIpc) is 2.19. The minimum absolute atomic E-state index is 0.0715. The number of benzene rings is 1. The Morgan fingerprint density at radius 1 is 1.40 bits per heavy atom. The molecule has 0 aliphatic carbocycles. The molecule has 0 bridgehead atoms. The van der Waals surface area contributed by atoms with Gasteiger partial charge in [-0.25, -0.2) is 0 Å². The fraction of sp³-hybridized carbons (Fsp3) is 0.500. The molecule has 0 aromatic heterocycles. The standard InChI is InChI=1S/C12H19NO2/c1-8(2)15-12-5-4-9(3)6-10(12)11(13)7-14/h4-6,8,11,14H,7,13H2,1-3H3. The number of nitrogens with two attached hydrogens (primary N) is 1. The molecule has 0 fully saturated rings. The summed E-state index contributed by atoms with van der Waals surface area (Å²) in [6.45, 7) is 5.85. The third-order valence-corrected chi connectivity index (χ3v) is 2.12. The van der Waals surface area contributed by atoms with Crippen LogP contribution in [0, 0.1) is 6.92 Å². The summed E-state index contributed by atoms with van der Waals surface area (Å²) < 4.78 is 5.63. The van der Waals surface area contributed by atoms with Gasteiger partial charge in [0.2, 0.25) is 0 Å². The molecule has 3 heteroatoms. The number of ether oxygens (including phenoxy) is 1. The summed E-state index contributed by atoms with van der Waals surface area (Å²) >= 11 is 0. The first-order valence-electron chi connectivity index (χ1n) is 5.18. The Balaban J connectivity index is 3.02. The van der Waals surface area contributed by atoms with Crippen molar-refractivity contribution in [2.45, 2.75) is 32.9 Å². The average molecular weight is 209 g/mol. The lowest BCUT2D eigenvalue weighted by molar-refractivity contribution is 0.229. The smallest absolute Gasteiger partial charge is 0.124 e. The lowest BCUT2D eigenvalue weighted by Crippen LogP contribution is -2.17. The number of rotatable bonds is 4. The van der Waals surface area contributed by atoms with Crippen molar-refractivity contribution >= 4 is 0 Å². The minimum Gasteiger partial charge on any atom is -0.491 e. The molecule has 0 heterocycles. The zero-order valence-corrected chi connectivity index (χ0v) is 9.53. The monoisotopic (exact) mass is 209 g/mol. The summed E-state index contributed by atoms with van der Waals surface area (Å²) in [5.74, 6) is 0.761. The number of aryl methyl sites for hydroxylation is 1. The van der Waals surface area contributed by atoms with Crippen LogP contribution in [0.2, 0.25) is 0 Å². The zero-order valence-electron chi connectivity index (χ0n) is 9.53. The van der Waals surface area contributed by atoms with Crippen LogP contribution in [0.3, 0.4) is 0 Å². The fourth-order valence-electron chi connectivity index (χ4n) is 1.42. The first kappa shape index (κ1) is 12.0. The summed E-state index contributed by atoms with van der Waals surface area (Å²) in [7, 11) is 0. The first-order valence-corrected chi connectivity index (χ1v) is 5.18. The number of hydrogen-bond acceptors (Lipinski definition) is 3. The summed E-state index contributed by atoms with van der Waals surface area (Å²) in [6, 6.07) is 5.46. The highest BCUT2D eigenvalue weighted by molar-refractivity contribution is 5.39. The largest absolute Gasteiger partial charge is 0.491 e. The normalized spacial score (nSPS) is 12.9. The highest BCUT2D eigenvalue weighted by Crippen LogP contribution is 2.25. The Hall–Kier alpha value is -1.06. The maximum atomic E-state index is 9.06.